The fourth-order valence-corrected chi connectivity index (χ4v) is 1.65. The molecule has 0 bridgehead atoms. The molecule has 1 unspecified atom stereocenters. The van der Waals surface area contributed by atoms with E-state index in [1.807, 2.05) is 6.07 Å². The molecule has 0 aliphatic heterocycles. The zero-order valence-electron chi connectivity index (χ0n) is 8.03. The van der Waals surface area contributed by atoms with Gasteiger partial charge in [0.1, 0.15) is 5.52 Å². The van der Waals surface area contributed by atoms with Crippen molar-refractivity contribution < 1.29 is 9.32 Å². The Morgan fingerprint density at radius 2 is 2.33 bits per heavy atom. The van der Waals surface area contributed by atoms with Gasteiger partial charge < -0.3 is 10.3 Å². The number of halogens is 1. The van der Waals surface area contributed by atoms with Crippen molar-refractivity contribution in [3.8, 4) is 0 Å². The Morgan fingerprint density at radius 1 is 1.60 bits per heavy atom. The molecule has 1 atom stereocenters. The highest BCUT2D eigenvalue weighted by Gasteiger charge is 2.19. The van der Waals surface area contributed by atoms with Gasteiger partial charge in [-0.25, -0.2) is 0 Å². The maximum atomic E-state index is 11.6. The van der Waals surface area contributed by atoms with Gasteiger partial charge in [0.15, 0.2) is 0 Å². The van der Waals surface area contributed by atoms with Gasteiger partial charge in [-0.05, 0) is 25.1 Å². The van der Waals surface area contributed by atoms with Gasteiger partial charge in [-0.15, -0.1) is 0 Å². The Labute approximate surface area is 94.5 Å². The molecule has 0 radical (unpaired) electrons. The molecule has 1 aromatic carbocycles. The van der Waals surface area contributed by atoms with Crippen LogP contribution in [0, 0.1) is 0 Å². The number of carbonyl (C=O) groups excluding carboxylic acids is 1. The SMILES string of the molecule is CC(N)C(=O)c1onc2cc(Br)ccc12. The van der Waals surface area contributed by atoms with Gasteiger partial charge in [-0.3, -0.25) is 4.79 Å². The maximum absolute atomic E-state index is 11.6. The van der Waals surface area contributed by atoms with Crippen LogP contribution < -0.4 is 5.73 Å². The lowest BCUT2D eigenvalue weighted by molar-refractivity contribution is 0.0934. The number of benzene rings is 1. The molecule has 0 aliphatic rings. The number of hydrogen-bond acceptors (Lipinski definition) is 4. The molecule has 0 saturated heterocycles. The summed E-state index contributed by atoms with van der Waals surface area (Å²) in [5.41, 5.74) is 6.15. The molecule has 0 aliphatic carbocycles. The monoisotopic (exact) mass is 268 g/mol. The van der Waals surface area contributed by atoms with E-state index < -0.39 is 6.04 Å². The molecule has 1 heterocycles. The Morgan fingerprint density at radius 3 is 3.00 bits per heavy atom. The Balaban J connectivity index is 2.59. The molecule has 0 fully saturated rings. The summed E-state index contributed by atoms with van der Waals surface area (Å²) in [6.07, 6.45) is 0. The third-order valence-corrected chi connectivity index (χ3v) is 2.57. The van der Waals surface area contributed by atoms with Crippen LogP contribution in [-0.4, -0.2) is 17.0 Å². The number of fused-ring (bicyclic) bond motifs is 1. The molecule has 0 saturated carbocycles. The predicted octanol–water partition coefficient (Wildman–Crippen LogP) is 2.12. The number of hydrogen-bond donors (Lipinski definition) is 1. The zero-order chi connectivity index (χ0) is 11.0. The highest BCUT2D eigenvalue weighted by Crippen LogP contribution is 2.22. The largest absolute Gasteiger partial charge is 0.352 e. The summed E-state index contributed by atoms with van der Waals surface area (Å²) in [6.45, 7) is 1.62. The maximum Gasteiger partial charge on any atom is 0.217 e. The molecule has 2 rings (SSSR count). The fraction of sp³-hybridized carbons (Fsp3) is 0.200. The van der Waals surface area contributed by atoms with Gasteiger partial charge in [0.2, 0.25) is 11.5 Å². The zero-order valence-corrected chi connectivity index (χ0v) is 9.61. The number of Topliss-reactive ketones (excluding diaryl/α,β-unsaturated/α-hetero) is 1. The number of ketones is 1. The van der Waals surface area contributed by atoms with Gasteiger partial charge in [0.05, 0.1) is 11.4 Å². The van der Waals surface area contributed by atoms with Crippen LogP contribution >= 0.6 is 15.9 Å². The van der Waals surface area contributed by atoms with Crippen molar-refractivity contribution in [3.63, 3.8) is 0 Å². The lowest BCUT2D eigenvalue weighted by atomic mass is 10.1. The molecular formula is C10H9BrN2O2. The quantitative estimate of drug-likeness (QED) is 0.848. The van der Waals surface area contributed by atoms with Crippen LogP contribution in [0.15, 0.2) is 27.2 Å². The van der Waals surface area contributed by atoms with E-state index in [9.17, 15) is 4.79 Å². The second-order valence-corrected chi connectivity index (χ2v) is 4.24. The van der Waals surface area contributed by atoms with Crippen LogP contribution in [0.25, 0.3) is 10.9 Å². The summed E-state index contributed by atoms with van der Waals surface area (Å²) in [4.78, 5) is 11.6. The van der Waals surface area contributed by atoms with Crippen molar-refractivity contribution in [1.29, 1.82) is 0 Å². The second kappa shape index (κ2) is 3.75. The fourth-order valence-electron chi connectivity index (χ4n) is 1.30. The van der Waals surface area contributed by atoms with Gasteiger partial charge in [0, 0.05) is 4.47 Å². The van der Waals surface area contributed by atoms with E-state index in [-0.39, 0.29) is 11.5 Å². The topological polar surface area (TPSA) is 69.1 Å². The summed E-state index contributed by atoms with van der Waals surface area (Å²) in [5.74, 6) is -0.00711. The van der Waals surface area contributed by atoms with Crippen molar-refractivity contribution in [1.82, 2.24) is 5.16 Å². The Hall–Kier alpha value is -1.20. The molecule has 0 spiro atoms. The van der Waals surface area contributed by atoms with Crippen LogP contribution in [0.4, 0.5) is 0 Å². The molecule has 78 valence electrons. The predicted molar refractivity (Wildman–Crippen MR) is 59.7 cm³/mol. The van der Waals surface area contributed by atoms with E-state index in [4.69, 9.17) is 10.3 Å². The summed E-state index contributed by atoms with van der Waals surface area (Å²) in [7, 11) is 0. The van der Waals surface area contributed by atoms with Gasteiger partial charge in [-0.2, -0.15) is 0 Å². The van der Waals surface area contributed by atoms with Gasteiger partial charge in [0.25, 0.3) is 0 Å². The minimum Gasteiger partial charge on any atom is -0.352 e. The first-order chi connectivity index (χ1) is 7.09. The minimum absolute atomic E-state index is 0.229. The molecule has 1 aromatic heterocycles. The van der Waals surface area contributed by atoms with Crippen LogP contribution in [0.5, 0.6) is 0 Å². The standard InChI is InChI=1S/C10H9BrN2O2/c1-5(12)9(14)10-7-3-2-6(11)4-8(7)13-15-10/h2-5H,12H2,1H3. The van der Waals surface area contributed by atoms with Crippen LogP contribution in [0.2, 0.25) is 0 Å². The molecule has 2 N–H and O–H groups in total. The van der Waals surface area contributed by atoms with E-state index in [0.717, 1.165) is 4.47 Å². The third-order valence-electron chi connectivity index (χ3n) is 2.08. The normalized spacial score (nSPS) is 13.0. The first kappa shape index (κ1) is 10.3. The molecule has 2 aromatic rings. The number of aromatic nitrogens is 1. The minimum atomic E-state index is -0.579. The van der Waals surface area contributed by atoms with Crippen molar-refractivity contribution >= 4 is 32.6 Å². The smallest absolute Gasteiger partial charge is 0.217 e. The third kappa shape index (κ3) is 1.80. The Kier molecular flexibility index (Phi) is 2.58. The van der Waals surface area contributed by atoms with E-state index in [0.29, 0.717) is 10.9 Å². The summed E-state index contributed by atoms with van der Waals surface area (Å²) in [6, 6.07) is 4.82. The molecule has 15 heavy (non-hydrogen) atoms. The van der Waals surface area contributed by atoms with Crippen LogP contribution in [0.1, 0.15) is 17.5 Å². The van der Waals surface area contributed by atoms with E-state index in [2.05, 4.69) is 21.1 Å². The number of rotatable bonds is 2. The van der Waals surface area contributed by atoms with Crippen molar-refractivity contribution in [2.45, 2.75) is 13.0 Å². The summed E-state index contributed by atoms with van der Waals surface area (Å²) >= 11 is 3.32. The van der Waals surface area contributed by atoms with Crippen LogP contribution in [0.3, 0.4) is 0 Å². The van der Waals surface area contributed by atoms with Gasteiger partial charge in [-0.1, -0.05) is 21.1 Å². The molecule has 0 amide bonds. The average molecular weight is 269 g/mol. The van der Waals surface area contributed by atoms with Crippen molar-refractivity contribution in [2.75, 3.05) is 0 Å². The molecular weight excluding hydrogens is 260 g/mol. The summed E-state index contributed by atoms with van der Waals surface area (Å²) < 4.78 is 5.88. The van der Waals surface area contributed by atoms with E-state index in [1.54, 1.807) is 19.1 Å². The summed E-state index contributed by atoms with van der Waals surface area (Å²) in [5, 5.41) is 4.50. The van der Waals surface area contributed by atoms with Gasteiger partial charge >= 0.3 is 0 Å². The van der Waals surface area contributed by atoms with Crippen molar-refractivity contribution in [2.24, 2.45) is 5.73 Å². The lowest BCUT2D eigenvalue weighted by Gasteiger charge is -1.99. The highest BCUT2D eigenvalue weighted by molar-refractivity contribution is 9.10. The first-order valence-electron chi connectivity index (χ1n) is 4.44. The number of nitrogens with two attached hydrogens (primary N) is 1. The number of nitrogens with zero attached hydrogens (tertiary/aromatic N) is 1. The highest BCUT2D eigenvalue weighted by atomic mass is 79.9. The van der Waals surface area contributed by atoms with Crippen molar-refractivity contribution in [3.05, 3.63) is 28.4 Å². The van der Waals surface area contributed by atoms with E-state index in [1.165, 1.54) is 0 Å². The second-order valence-electron chi connectivity index (χ2n) is 3.33. The molecule has 4 nitrogen and oxygen atoms in total. The molecule has 5 heteroatoms. The lowest BCUT2D eigenvalue weighted by Crippen LogP contribution is -2.26. The van der Waals surface area contributed by atoms with E-state index >= 15 is 0 Å². The van der Waals surface area contributed by atoms with Crippen LogP contribution in [-0.2, 0) is 0 Å². The Bertz CT molecular complexity index is 519. The average Bonchev–Trinajstić information content (AvgIpc) is 2.59. The number of carbonyl (C=O) groups is 1. The first-order valence-corrected chi connectivity index (χ1v) is 5.23.